The van der Waals surface area contributed by atoms with Gasteiger partial charge in [-0.2, -0.15) is 5.10 Å². The van der Waals surface area contributed by atoms with Gasteiger partial charge in [-0.25, -0.2) is 4.79 Å². The van der Waals surface area contributed by atoms with Gasteiger partial charge in [0, 0.05) is 10.4 Å². The normalized spacial score (nSPS) is 14.3. The van der Waals surface area contributed by atoms with Crippen molar-refractivity contribution in [3.63, 3.8) is 0 Å². The van der Waals surface area contributed by atoms with Gasteiger partial charge in [0.05, 0.1) is 46.6 Å². The maximum Gasteiger partial charge on any atom is 0.335 e. The second-order valence-electron chi connectivity index (χ2n) is 8.87. The van der Waals surface area contributed by atoms with Crippen LogP contribution in [0.5, 0.6) is 0 Å². The highest BCUT2D eigenvalue weighted by Crippen LogP contribution is 2.46. The zero-order valence-electron chi connectivity index (χ0n) is 18.5. The van der Waals surface area contributed by atoms with Crippen molar-refractivity contribution >= 4 is 45.3 Å². The summed E-state index contributed by atoms with van der Waals surface area (Å²) in [6.07, 6.45) is 4.90. The van der Waals surface area contributed by atoms with Gasteiger partial charge in [-0.15, -0.1) is 0 Å². The van der Waals surface area contributed by atoms with Crippen LogP contribution in [0.15, 0.2) is 77.5 Å². The van der Waals surface area contributed by atoms with Crippen molar-refractivity contribution in [2.24, 2.45) is 0 Å². The summed E-state index contributed by atoms with van der Waals surface area (Å²) in [6.45, 7) is 0.467. The Morgan fingerprint density at radius 2 is 1.83 bits per heavy atom. The van der Waals surface area contributed by atoms with Crippen molar-refractivity contribution in [1.82, 2.24) is 15.1 Å². The molecule has 1 saturated carbocycles. The summed E-state index contributed by atoms with van der Waals surface area (Å²) in [5, 5.41) is 19.2. The molecule has 0 unspecified atom stereocenters. The van der Waals surface area contributed by atoms with E-state index in [1.807, 2.05) is 36.4 Å². The fourth-order valence-electron chi connectivity index (χ4n) is 4.59. The van der Waals surface area contributed by atoms with Crippen molar-refractivity contribution in [2.75, 3.05) is 0 Å². The van der Waals surface area contributed by atoms with Gasteiger partial charge < -0.3 is 14.8 Å². The van der Waals surface area contributed by atoms with Crippen LogP contribution in [-0.2, 0) is 12.1 Å². The summed E-state index contributed by atoms with van der Waals surface area (Å²) >= 11 is 6.03. The van der Waals surface area contributed by atoms with E-state index in [9.17, 15) is 14.7 Å². The molecule has 0 spiro atoms. The Balaban J connectivity index is 1.39. The fraction of sp³-hybridized carbons (Fsp3) is 0.148. The van der Waals surface area contributed by atoms with Gasteiger partial charge in [0.15, 0.2) is 0 Å². The molecular formula is C27H20ClN3O4. The van der Waals surface area contributed by atoms with Crippen LogP contribution in [0.1, 0.15) is 44.7 Å². The number of nitrogens with zero attached hydrogens (tertiary/aromatic N) is 2. The first-order chi connectivity index (χ1) is 16.9. The third-order valence-electron chi connectivity index (χ3n) is 6.61. The van der Waals surface area contributed by atoms with E-state index in [-0.39, 0.29) is 11.5 Å². The first kappa shape index (κ1) is 21.4. The van der Waals surface area contributed by atoms with E-state index < -0.39 is 11.5 Å². The van der Waals surface area contributed by atoms with Gasteiger partial charge in [-0.3, -0.25) is 9.48 Å². The number of fused-ring (bicyclic) bond motifs is 3. The molecule has 2 N–H and O–H groups in total. The molecule has 2 heterocycles. The van der Waals surface area contributed by atoms with E-state index in [2.05, 4.69) is 10.4 Å². The monoisotopic (exact) mass is 485 g/mol. The number of aromatic carboxylic acids is 1. The van der Waals surface area contributed by atoms with Crippen LogP contribution in [0.25, 0.3) is 21.9 Å². The Kier molecular flexibility index (Phi) is 4.89. The lowest BCUT2D eigenvalue weighted by atomic mass is 10.0. The largest absolute Gasteiger partial charge is 0.478 e. The number of hydrogen-bond acceptors (Lipinski definition) is 4. The van der Waals surface area contributed by atoms with Crippen LogP contribution in [0.4, 0.5) is 0 Å². The number of amides is 1. The first-order valence-electron chi connectivity index (χ1n) is 11.2. The summed E-state index contributed by atoms with van der Waals surface area (Å²) in [4.78, 5) is 24.9. The lowest BCUT2D eigenvalue weighted by Crippen LogP contribution is -2.35. The van der Waals surface area contributed by atoms with E-state index in [4.69, 9.17) is 16.0 Å². The number of carbonyl (C=O) groups is 2. The highest BCUT2D eigenvalue weighted by molar-refractivity contribution is 6.30. The van der Waals surface area contributed by atoms with Gasteiger partial charge in [-0.1, -0.05) is 35.9 Å². The summed E-state index contributed by atoms with van der Waals surface area (Å²) in [5.74, 6) is -1.19. The van der Waals surface area contributed by atoms with E-state index >= 15 is 0 Å². The Morgan fingerprint density at radius 3 is 2.51 bits per heavy atom. The van der Waals surface area contributed by atoms with Crippen molar-refractivity contribution in [2.45, 2.75) is 24.9 Å². The van der Waals surface area contributed by atoms with Crippen molar-refractivity contribution < 1.29 is 19.1 Å². The zero-order chi connectivity index (χ0) is 24.2. The molecule has 0 aliphatic heterocycles. The molecule has 0 saturated heterocycles. The minimum atomic E-state index is -0.977. The average Bonchev–Trinajstić information content (AvgIpc) is 3.28. The molecule has 1 aliphatic rings. The molecule has 0 radical (unpaired) electrons. The number of carbonyl (C=O) groups excluding carboxylic acids is 1. The zero-order valence-corrected chi connectivity index (χ0v) is 19.2. The van der Waals surface area contributed by atoms with Crippen molar-refractivity contribution in [1.29, 1.82) is 0 Å². The SMILES string of the molecule is O=C(O)c1ccc(C2(NC(=O)c3cc4ccoc4c4cnn(Cc5ccc(Cl)cc5)c34)CC2)cc1. The highest BCUT2D eigenvalue weighted by atomic mass is 35.5. The van der Waals surface area contributed by atoms with E-state index in [0.29, 0.717) is 28.2 Å². The smallest absolute Gasteiger partial charge is 0.335 e. The second kappa shape index (κ2) is 7.99. The van der Waals surface area contributed by atoms with Crippen molar-refractivity contribution in [3.8, 4) is 0 Å². The molecule has 1 aliphatic carbocycles. The Labute approximate surface area is 204 Å². The molecule has 1 fully saturated rings. The number of benzene rings is 3. The standard InChI is InChI=1S/C27H20ClN3O4/c28-20-7-1-16(2-8-20)15-31-23-21(13-18-9-12-35-24(18)22(23)14-29-31)25(32)30-27(10-11-27)19-5-3-17(4-6-19)26(33)34/h1-9,12-14H,10-11,15H2,(H,30,32)(H,33,34). The molecule has 3 aromatic carbocycles. The van der Waals surface area contributed by atoms with Gasteiger partial charge >= 0.3 is 5.97 Å². The number of rotatable bonds is 6. The Morgan fingerprint density at radius 1 is 1.09 bits per heavy atom. The number of nitrogens with one attached hydrogen (secondary N) is 1. The van der Waals surface area contributed by atoms with Crippen LogP contribution in [0.2, 0.25) is 5.02 Å². The number of hydrogen-bond donors (Lipinski definition) is 2. The molecule has 174 valence electrons. The number of halogens is 1. The van der Waals surface area contributed by atoms with Gasteiger partial charge in [0.1, 0.15) is 5.58 Å². The van der Waals surface area contributed by atoms with Gasteiger partial charge in [-0.05, 0) is 60.4 Å². The Bertz CT molecular complexity index is 1600. The molecule has 1 amide bonds. The lowest BCUT2D eigenvalue weighted by Gasteiger charge is -2.19. The molecular weight excluding hydrogens is 466 g/mol. The topological polar surface area (TPSA) is 97.4 Å². The van der Waals surface area contributed by atoms with Crippen LogP contribution in [0, 0.1) is 0 Å². The number of furan rings is 1. The molecule has 7 nitrogen and oxygen atoms in total. The van der Waals surface area contributed by atoms with Crippen LogP contribution < -0.4 is 5.32 Å². The maximum absolute atomic E-state index is 13.7. The third kappa shape index (κ3) is 3.74. The lowest BCUT2D eigenvalue weighted by molar-refractivity contribution is 0.0696. The van der Waals surface area contributed by atoms with Crippen LogP contribution in [0.3, 0.4) is 0 Å². The number of carboxylic acids is 1. The first-order valence-corrected chi connectivity index (χ1v) is 11.6. The molecule has 6 rings (SSSR count). The minimum absolute atomic E-state index is 0.212. The third-order valence-corrected chi connectivity index (χ3v) is 6.86. The highest BCUT2D eigenvalue weighted by Gasteiger charge is 2.46. The minimum Gasteiger partial charge on any atom is -0.478 e. The summed E-state index contributed by atoms with van der Waals surface area (Å²) in [6, 6.07) is 17.9. The molecule has 2 aromatic heterocycles. The predicted octanol–water partition coefficient (Wildman–Crippen LogP) is 5.60. The fourth-order valence-corrected chi connectivity index (χ4v) is 4.72. The molecule has 35 heavy (non-hydrogen) atoms. The molecule has 8 heteroatoms. The quantitative estimate of drug-likeness (QED) is 0.326. The van der Waals surface area contributed by atoms with Crippen molar-refractivity contribution in [3.05, 3.63) is 100 Å². The van der Waals surface area contributed by atoms with E-state index in [1.165, 1.54) is 0 Å². The summed E-state index contributed by atoms with van der Waals surface area (Å²) in [5.41, 5.74) is 3.49. The maximum atomic E-state index is 13.7. The summed E-state index contributed by atoms with van der Waals surface area (Å²) in [7, 11) is 0. The Hall–Kier alpha value is -4.10. The van der Waals surface area contributed by atoms with Gasteiger partial charge in [0.25, 0.3) is 5.91 Å². The predicted molar refractivity (Wildman–Crippen MR) is 132 cm³/mol. The summed E-state index contributed by atoms with van der Waals surface area (Å²) < 4.78 is 7.51. The van der Waals surface area contributed by atoms with Crippen LogP contribution in [-0.4, -0.2) is 26.8 Å². The molecule has 5 aromatic rings. The van der Waals surface area contributed by atoms with Crippen LogP contribution >= 0.6 is 11.6 Å². The van der Waals surface area contributed by atoms with E-state index in [1.54, 1.807) is 41.4 Å². The second-order valence-corrected chi connectivity index (χ2v) is 9.31. The van der Waals surface area contributed by atoms with E-state index in [0.717, 1.165) is 34.7 Å². The molecule has 0 bridgehead atoms. The number of aromatic nitrogens is 2. The number of carboxylic acid groups (broad SMARTS) is 1. The van der Waals surface area contributed by atoms with Gasteiger partial charge in [0.2, 0.25) is 0 Å². The molecule has 0 atom stereocenters. The average molecular weight is 486 g/mol.